The predicted octanol–water partition coefficient (Wildman–Crippen LogP) is 1.95. The fourth-order valence-corrected chi connectivity index (χ4v) is 2.84. The van der Waals surface area contributed by atoms with Gasteiger partial charge in [-0.1, -0.05) is 6.07 Å². The van der Waals surface area contributed by atoms with Crippen molar-refractivity contribution >= 4 is 21.4 Å². The van der Waals surface area contributed by atoms with Crippen molar-refractivity contribution in [3.63, 3.8) is 0 Å². The van der Waals surface area contributed by atoms with Crippen molar-refractivity contribution in [2.75, 3.05) is 17.6 Å². The lowest BCUT2D eigenvalue weighted by atomic mass is 10.2. The molecule has 0 unspecified atom stereocenters. The third-order valence-corrected chi connectivity index (χ3v) is 4.11. The lowest BCUT2D eigenvalue weighted by molar-refractivity contribution is 0.417. The van der Waals surface area contributed by atoms with Crippen LogP contribution in [0.3, 0.4) is 0 Å². The van der Waals surface area contributed by atoms with Crippen molar-refractivity contribution in [1.29, 1.82) is 5.26 Å². The van der Waals surface area contributed by atoms with Gasteiger partial charge in [0.05, 0.1) is 29.3 Å². The zero-order valence-electron chi connectivity index (χ0n) is 11.2. The number of methoxy groups -OCH3 is 1. The Morgan fingerprint density at radius 2 is 2.00 bits per heavy atom. The summed E-state index contributed by atoms with van der Waals surface area (Å²) in [6.45, 7) is 0. The summed E-state index contributed by atoms with van der Waals surface area (Å²) in [4.78, 5) is 0.000396. The summed E-state index contributed by atoms with van der Waals surface area (Å²) in [5.41, 5.74) is 6.62. The molecule has 7 heteroatoms. The number of sulfonamides is 1. The zero-order chi connectivity index (χ0) is 15.5. The minimum absolute atomic E-state index is 0.000396. The molecule has 2 aromatic carbocycles. The van der Waals surface area contributed by atoms with E-state index in [0.29, 0.717) is 11.4 Å². The Bertz CT molecular complexity index is 810. The number of nitrogen functional groups attached to an aromatic ring is 1. The number of hydrogen-bond acceptors (Lipinski definition) is 5. The number of hydrogen-bond donors (Lipinski definition) is 2. The molecule has 0 radical (unpaired) electrons. The van der Waals surface area contributed by atoms with Crippen molar-refractivity contribution in [2.24, 2.45) is 0 Å². The normalized spacial score (nSPS) is 10.7. The van der Waals surface area contributed by atoms with Gasteiger partial charge in [0.2, 0.25) is 0 Å². The predicted molar refractivity (Wildman–Crippen MR) is 79.4 cm³/mol. The number of nitrogens with zero attached hydrogens (tertiary/aromatic N) is 1. The minimum atomic E-state index is -3.81. The van der Waals surface area contributed by atoms with Gasteiger partial charge in [-0.3, -0.25) is 4.72 Å². The first-order valence-electron chi connectivity index (χ1n) is 5.93. The number of rotatable bonds is 4. The van der Waals surface area contributed by atoms with Crippen LogP contribution in [0.2, 0.25) is 0 Å². The summed E-state index contributed by atoms with van der Waals surface area (Å²) < 4.78 is 32.1. The number of nitriles is 1. The van der Waals surface area contributed by atoms with E-state index in [0.717, 1.165) is 0 Å². The van der Waals surface area contributed by atoms with Crippen LogP contribution in [0.1, 0.15) is 5.56 Å². The molecule has 108 valence electrons. The Morgan fingerprint density at radius 1 is 1.24 bits per heavy atom. The molecule has 0 saturated carbocycles. The van der Waals surface area contributed by atoms with Gasteiger partial charge in [0.25, 0.3) is 10.0 Å². The molecule has 21 heavy (non-hydrogen) atoms. The van der Waals surface area contributed by atoms with Crippen molar-refractivity contribution < 1.29 is 13.2 Å². The Morgan fingerprint density at radius 3 is 2.67 bits per heavy atom. The molecular weight excluding hydrogens is 290 g/mol. The molecule has 0 aromatic heterocycles. The van der Waals surface area contributed by atoms with Gasteiger partial charge in [0.15, 0.2) is 0 Å². The standard InChI is InChI=1S/C14H13N3O3S/c1-20-14-8-11(16)5-6-13(14)17-21(18,19)12-4-2-3-10(7-12)9-15/h2-8,17H,16H2,1H3. The number of anilines is 2. The molecule has 0 atom stereocenters. The van der Waals surface area contributed by atoms with Crippen LogP contribution >= 0.6 is 0 Å². The molecule has 3 N–H and O–H groups in total. The molecule has 2 rings (SSSR count). The van der Waals surface area contributed by atoms with Gasteiger partial charge >= 0.3 is 0 Å². The molecule has 0 aliphatic heterocycles. The third-order valence-electron chi connectivity index (χ3n) is 2.74. The number of ether oxygens (including phenoxy) is 1. The van der Waals surface area contributed by atoms with E-state index in [1.807, 2.05) is 6.07 Å². The molecule has 0 fully saturated rings. The second kappa shape index (κ2) is 5.73. The molecule has 2 aromatic rings. The van der Waals surface area contributed by atoms with Gasteiger partial charge < -0.3 is 10.5 Å². The number of nitrogens with one attached hydrogen (secondary N) is 1. The summed E-state index contributed by atoms with van der Waals surface area (Å²) in [5.74, 6) is 0.315. The van der Waals surface area contributed by atoms with Crippen molar-refractivity contribution in [1.82, 2.24) is 0 Å². The molecule has 0 heterocycles. The number of benzene rings is 2. The highest BCUT2D eigenvalue weighted by atomic mass is 32.2. The van der Waals surface area contributed by atoms with Gasteiger partial charge in [0, 0.05) is 11.8 Å². The van der Waals surface area contributed by atoms with Gasteiger partial charge in [-0.25, -0.2) is 8.42 Å². The summed E-state index contributed by atoms with van der Waals surface area (Å²) in [6, 6.07) is 12.2. The largest absolute Gasteiger partial charge is 0.494 e. The van der Waals surface area contributed by atoms with Gasteiger partial charge in [0.1, 0.15) is 5.75 Å². The third kappa shape index (κ3) is 3.24. The summed E-state index contributed by atoms with van der Waals surface area (Å²) in [7, 11) is -2.39. The van der Waals surface area contributed by atoms with E-state index in [2.05, 4.69) is 4.72 Å². The van der Waals surface area contributed by atoms with Crippen LogP contribution in [-0.2, 0) is 10.0 Å². The molecule has 0 aliphatic rings. The Kier molecular flexibility index (Phi) is 4.00. The maximum Gasteiger partial charge on any atom is 0.262 e. The van der Waals surface area contributed by atoms with E-state index in [1.165, 1.54) is 43.5 Å². The quantitative estimate of drug-likeness (QED) is 0.840. The van der Waals surface area contributed by atoms with Crippen LogP contribution in [-0.4, -0.2) is 15.5 Å². The first kappa shape index (κ1) is 14.7. The molecule has 0 spiro atoms. The summed E-state index contributed by atoms with van der Waals surface area (Å²) in [5, 5.41) is 8.83. The van der Waals surface area contributed by atoms with Crippen molar-refractivity contribution in [2.45, 2.75) is 4.90 Å². The lowest BCUT2D eigenvalue weighted by Crippen LogP contribution is -2.13. The van der Waals surface area contributed by atoms with Crippen LogP contribution in [0.5, 0.6) is 5.75 Å². The lowest BCUT2D eigenvalue weighted by Gasteiger charge is -2.12. The van der Waals surface area contributed by atoms with Crippen LogP contribution in [0, 0.1) is 11.3 Å². The maximum atomic E-state index is 12.3. The monoisotopic (exact) mass is 303 g/mol. The number of nitrogens with two attached hydrogens (primary N) is 1. The van der Waals surface area contributed by atoms with Gasteiger partial charge in [-0.15, -0.1) is 0 Å². The van der Waals surface area contributed by atoms with E-state index >= 15 is 0 Å². The van der Waals surface area contributed by atoms with E-state index in [9.17, 15) is 8.42 Å². The second-order valence-corrected chi connectivity index (χ2v) is 5.89. The Labute approximate surface area is 122 Å². The maximum absolute atomic E-state index is 12.3. The second-order valence-electron chi connectivity index (χ2n) is 4.20. The van der Waals surface area contributed by atoms with Crippen LogP contribution in [0.15, 0.2) is 47.4 Å². The van der Waals surface area contributed by atoms with Crippen LogP contribution in [0.4, 0.5) is 11.4 Å². The van der Waals surface area contributed by atoms with E-state index in [-0.39, 0.29) is 16.1 Å². The molecular formula is C14H13N3O3S. The Balaban J connectivity index is 2.40. The van der Waals surface area contributed by atoms with Crippen molar-refractivity contribution in [3.05, 3.63) is 48.0 Å². The minimum Gasteiger partial charge on any atom is -0.494 e. The average molecular weight is 303 g/mol. The van der Waals surface area contributed by atoms with Crippen LogP contribution < -0.4 is 15.2 Å². The fraction of sp³-hybridized carbons (Fsp3) is 0.0714. The summed E-state index contributed by atoms with van der Waals surface area (Å²) in [6.07, 6.45) is 0. The highest BCUT2D eigenvalue weighted by Crippen LogP contribution is 2.28. The van der Waals surface area contributed by atoms with E-state index in [1.54, 1.807) is 6.07 Å². The zero-order valence-corrected chi connectivity index (χ0v) is 12.0. The average Bonchev–Trinajstić information content (AvgIpc) is 2.49. The molecule has 0 amide bonds. The highest BCUT2D eigenvalue weighted by Gasteiger charge is 2.17. The van der Waals surface area contributed by atoms with E-state index in [4.69, 9.17) is 15.7 Å². The molecule has 0 aliphatic carbocycles. The summed E-state index contributed by atoms with van der Waals surface area (Å²) >= 11 is 0. The molecule has 6 nitrogen and oxygen atoms in total. The van der Waals surface area contributed by atoms with Gasteiger partial charge in [-0.05, 0) is 30.3 Å². The van der Waals surface area contributed by atoms with Crippen molar-refractivity contribution in [3.8, 4) is 11.8 Å². The molecule has 0 bridgehead atoms. The Hall–Kier alpha value is -2.72. The van der Waals surface area contributed by atoms with Crippen LogP contribution in [0.25, 0.3) is 0 Å². The molecule has 0 saturated heterocycles. The van der Waals surface area contributed by atoms with E-state index < -0.39 is 10.0 Å². The highest BCUT2D eigenvalue weighted by molar-refractivity contribution is 7.92. The van der Waals surface area contributed by atoms with Gasteiger partial charge in [-0.2, -0.15) is 5.26 Å². The topological polar surface area (TPSA) is 105 Å². The fourth-order valence-electron chi connectivity index (χ4n) is 1.73. The SMILES string of the molecule is COc1cc(N)ccc1NS(=O)(=O)c1cccc(C#N)c1. The smallest absolute Gasteiger partial charge is 0.262 e. The first-order valence-corrected chi connectivity index (χ1v) is 7.41. The first-order chi connectivity index (χ1) is 9.96.